The maximum absolute atomic E-state index is 13.9. The fraction of sp³-hybridized carbons (Fsp3) is 0.588. The van der Waals surface area contributed by atoms with Crippen molar-refractivity contribution in [3.05, 3.63) is 34.6 Å². The number of hydrogen-bond donors (Lipinski definition) is 1. The fourth-order valence-corrected chi connectivity index (χ4v) is 3.45. The van der Waals surface area contributed by atoms with Gasteiger partial charge in [-0.3, -0.25) is 14.6 Å². The van der Waals surface area contributed by atoms with Crippen molar-refractivity contribution in [2.45, 2.75) is 6.54 Å². The smallest absolute Gasteiger partial charge is 0.236 e. The highest BCUT2D eigenvalue weighted by Gasteiger charge is 2.24. The molecule has 5 nitrogen and oxygen atoms in total. The molecular formula is C17H27Cl4FN4O. The van der Waals surface area contributed by atoms with Crippen molar-refractivity contribution in [3.8, 4) is 0 Å². The molecule has 0 aliphatic carbocycles. The number of nitrogens with zero attached hydrogens (tertiary/aromatic N) is 3. The molecule has 156 valence electrons. The molecule has 2 saturated heterocycles. The van der Waals surface area contributed by atoms with E-state index < -0.39 is 0 Å². The molecule has 0 radical (unpaired) electrons. The molecular weight excluding hydrogens is 437 g/mol. The fourth-order valence-electron chi connectivity index (χ4n) is 3.22. The van der Waals surface area contributed by atoms with Crippen molar-refractivity contribution in [3.63, 3.8) is 0 Å². The second kappa shape index (κ2) is 13.0. The van der Waals surface area contributed by atoms with Gasteiger partial charge >= 0.3 is 0 Å². The molecule has 3 rings (SSSR count). The van der Waals surface area contributed by atoms with Crippen LogP contribution in [0.25, 0.3) is 0 Å². The largest absolute Gasteiger partial charge is 0.339 e. The van der Waals surface area contributed by atoms with Crippen molar-refractivity contribution in [1.82, 2.24) is 20.0 Å². The second-order valence-electron chi connectivity index (χ2n) is 6.38. The summed E-state index contributed by atoms with van der Waals surface area (Å²) in [5.41, 5.74) is 0.541. The number of halogens is 5. The number of carbonyl (C=O) groups is 1. The summed E-state index contributed by atoms with van der Waals surface area (Å²) in [5.74, 6) is -0.0693. The molecule has 2 aliphatic rings. The zero-order valence-corrected chi connectivity index (χ0v) is 18.2. The Labute approximate surface area is 183 Å². The van der Waals surface area contributed by atoms with E-state index >= 15 is 0 Å². The quantitative estimate of drug-likeness (QED) is 0.743. The van der Waals surface area contributed by atoms with Gasteiger partial charge in [-0.25, -0.2) is 4.39 Å². The van der Waals surface area contributed by atoms with Gasteiger partial charge in [-0.05, 0) is 12.1 Å². The molecule has 0 atom stereocenters. The van der Waals surface area contributed by atoms with Crippen LogP contribution in [0.1, 0.15) is 5.56 Å². The zero-order valence-electron chi connectivity index (χ0n) is 15.0. The predicted octanol–water partition coefficient (Wildman–Crippen LogP) is 2.29. The summed E-state index contributed by atoms with van der Waals surface area (Å²) >= 11 is 6.09. The maximum atomic E-state index is 13.9. The van der Waals surface area contributed by atoms with Crippen molar-refractivity contribution < 1.29 is 9.18 Å². The highest BCUT2D eigenvalue weighted by atomic mass is 35.5. The van der Waals surface area contributed by atoms with Gasteiger partial charge in [-0.15, -0.1) is 37.2 Å². The van der Waals surface area contributed by atoms with Crippen molar-refractivity contribution >= 4 is 54.7 Å². The number of carbonyl (C=O) groups excluding carboxylic acids is 1. The van der Waals surface area contributed by atoms with Gasteiger partial charge < -0.3 is 10.2 Å². The lowest BCUT2D eigenvalue weighted by molar-refractivity contribution is -0.134. The molecule has 1 aromatic carbocycles. The third-order valence-corrected chi connectivity index (χ3v) is 5.09. The zero-order chi connectivity index (χ0) is 16.9. The molecule has 2 heterocycles. The van der Waals surface area contributed by atoms with Crippen molar-refractivity contribution in [1.29, 1.82) is 0 Å². The van der Waals surface area contributed by atoms with E-state index in [0.717, 1.165) is 39.3 Å². The summed E-state index contributed by atoms with van der Waals surface area (Å²) in [6.45, 7) is 7.62. The first kappa shape index (κ1) is 26.7. The lowest BCUT2D eigenvalue weighted by Gasteiger charge is -2.36. The first-order valence-corrected chi connectivity index (χ1v) is 8.87. The van der Waals surface area contributed by atoms with E-state index in [1.165, 1.54) is 6.07 Å². The first-order valence-electron chi connectivity index (χ1n) is 8.49. The van der Waals surface area contributed by atoms with Gasteiger partial charge in [0, 0.05) is 69.5 Å². The molecule has 0 bridgehead atoms. The molecule has 0 saturated carbocycles. The van der Waals surface area contributed by atoms with Crippen LogP contribution in [0.4, 0.5) is 4.39 Å². The summed E-state index contributed by atoms with van der Waals surface area (Å²) in [5, 5.41) is 3.76. The van der Waals surface area contributed by atoms with E-state index in [-0.39, 0.29) is 48.9 Å². The third kappa shape index (κ3) is 7.54. The minimum absolute atomic E-state index is 0. The average molecular weight is 464 g/mol. The lowest BCUT2D eigenvalue weighted by Crippen LogP contribution is -2.53. The van der Waals surface area contributed by atoms with E-state index in [1.54, 1.807) is 12.1 Å². The molecule has 27 heavy (non-hydrogen) atoms. The summed E-state index contributed by atoms with van der Waals surface area (Å²) in [7, 11) is 0. The molecule has 1 amide bonds. The highest BCUT2D eigenvalue weighted by Crippen LogP contribution is 2.21. The summed E-state index contributed by atoms with van der Waals surface area (Å²) < 4.78 is 13.9. The molecule has 2 aliphatic heterocycles. The minimum Gasteiger partial charge on any atom is -0.339 e. The van der Waals surface area contributed by atoms with E-state index in [1.807, 2.05) is 4.90 Å². The van der Waals surface area contributed by atoms with Crippen LogP contribution in [-0.4, -0.2) is 79.5 Å². The van der Waals surface area contributed by atoms with E-state index in [4.69, 9.17) is 11.6 Å². The lowest BCUT2D eigenvalue weighted by atomic mass is 10.2. The molecule has 0 spiro atoms. The second-order valence-corrected chi connectivity index (χ2v) is 6.79. The molecule has 1 aromatic rings. The van der Waals surface area contributed by atoms with Gasteiger partial charge in [0.1, 0.15) is 5.82 Å². The van der Waals surface area contributed by atoms with Gasteiger partial charge in [-0.2, -0.15) is 0 Å². The molecule has 10 heteroatoms. The Morgan fingerprint density at radius 2 is 1.63 bits per heavy atom. The Balaban J connectivity index is 0.00000225. The monoisotopic (exact) mass is 462 g/mol. The number of hydrogen-bond acceptors (Lipinski definition) is 4. The molecule has 0 unspecified atom stereocenters. The van der Waals surface area contributed by atoms with Crippen molar-refractivity contribution in [2.24, 2.45) is 0 Å². The Hall–Kier alpha value is -0.340. The molecule has 2 fully saturated rings. The predicted molar refractivity (Wildman–Crippen MR) is 114 cm³/mol. The van der Waals surface area contributed by atoms with E-state index in [2.05, 4.69) is 15.1 Å². The Kier molecular flexibility index (Phi) is 12.8. The number of benzene rings is 1. The van der Waals surface area contributed by atoms with Crippen LogP contribution >= 0.6 is 48.8 Å². The van der Waals surface area contributed by atoms with Crippen LogP contribution in [0.2, 0.25) is 5.02 Å². The topological polar surface area (TPSA) is 38.8 Å². The average Bonchev–Trinajstić information content (AvgIpc) is 2.60. The van der Waals surface area contributed by atoms with Gasteiger partial charge in [0.05, 0.1) is 6.54 Å². The first-order chi connectivity index (χ1) is 11.6. The van der Waals surface area contributed by atoms with Crippen molar-refractivity contribution in [2.75, 3.05) is 58.9 Å². The van der Waals surface area contributed by atoms with Crippen LogP contribution in [0.15, 0.2) is 18.2 Å². The van der Waals surface area contributed by atoms with Crippen LogP contribution in [0.5, 0.6) is 0 Å². The SMILES string of the molecule is Cl.Cl.Cl.O=C(CN1CCNCC1)N1CCN(Cc2c(F)cccc2Cl)CC1. The summed E-state index contributed by atoms with van der Waals surface area (Å²) in [6, 6.07) is 4.77. The van der Waals surface area contributed by atoms with E-state index in [0.29, 0.717) is 36.8 Å². The summed E-state index contributed by atoms with van der Waals surface area (Å²) in [4.78, 5) is 18.7. The van der Waals surface area contributed by atoms with Crippen LogP contribution in [0.3, 0.4) is 0 Å². The van der Waals surface area contributed by atoms with Gasteiger partial charge in [0.15, 0.2) is 0 Å². The molecule has 1 N–H and O–H groups in total. The molecule has 0 aromatic heterocycles. The number of nitrogens with one attached hydrogen (secondary N) is 1. The highest BCUT2D eigenvalue weighted by molar-refractivity contribution is 6.31. The van der Waals surface area contributed by atoms with E-state index in [9.17, 15) is 9.18 Å². The number of piperazine rings is 2. The van der Waals surface area contributed by atoms with Gasteiger partial charge in [0.25, 0.3) is 0 Å². The Morgan fingerprint density at radius 3 is 2.22 bits per heavy atom. The number of amides is 1. The third-order valence-electron chi connectivity index (χ3n) is 4.74. The van der Waals surface area contributed by atoms with Crippen LogP contribution in [-0.2, 0) is 11.3 Å². The van der Waals surface area contributed by atoms with Crippen LogP contribution in [0, 0.1) is 5.82 Å². The number of rotatable bonds is 4. The van der Waals surface area contributed by atoms with Crippen LogP contribution < -0.4 is 5.32 Å². The summed E-state index contributed by atoms with van der Waals surface area (Å²) in [6.07, 6.45) is 0. The minimum atomic E-state index is -0.264. The standard InChI is InChI=1S/C17H24ClFN4O.3ClH/c18-15-2-1-3-16(19)14(15)12-22-8-10-23(11-9-22)17(24)13-21-6-4-20-5-7-21;;;/h1-3,20H,4-13H2;3*1H. The maximum Gasteiger partial charge on any atom is 0.236 e. The van der Waals surface area contributed by atoms with Gasteiger partial charge in [0.2, 0.25) is 5.91 Å². The van der Waals surface area contributed by atoms with Gasteiger partial charge in [-0.1, -0.05) is 17.7 Å². The Morgan fingerprint density at radius 1 is 1.00 bits per heavy atom. The normalized spacial score (nSPS) is 18.1. The Bertz CT molecular complexity index is 562.